The van der Waals surface area contributed by atoms with Crippen molar-refractivity contribution < 1.29 is 24.2 Å². The Bertz CT molecular complexity index is 574. The summed E-state index contributed by atoms with van der Waals surface area (Å²) in [5.74, 6) is 0.0880. The highest BCUT2D eigenvalue weighted by Crippen LogP contribution is 2.29. The number of carbonyl (C=O) groups is 2. The van der Waals surface area contributed by atoms with Gasteiger partial charge in [-0.05, 0) is 18.2 Å². The van der Waals surface area contributed by atoms with Crippen LogP contribution >= 0.6 is 0 Å². The van der Waals surface area contributed by atoms with E-state index in [4.69, 9.17) is 9.47 Å². The van der Waals surface area contributed by atoms with Crippen LogP contribution in [0.5, 0.6) is 5.75 Å². The summed E-state index contributed by atoms with van der Waals surface area (Å²) in [7, 11) is 0. The Hall–Kier alpha value is -2.12. The second-order valence-electron chi connectivity index (χ2n) is 4.96. The molecular weight excluding hydrogens is 276 g/mol. The van der Waals surface area contributed by atoms with Crippen molar-refractivity contribution in [3.63, 3.8) is 0 Å². The lowest BCUT2D eigenvalue weighted by Gasteiger charge is -2.34. The van der Waals surface area contributed by atoms with E-state index in [1.807, 2.05) is 0 Å². The second kappa shape index (κ2) is 5.71. The lowest BCUT2D eigenvalue weighted by Crippen LogP contribution is -2.50. The predicted octanol–water partition coefficient (Wildman–Crippen LogP) is -0.149. The van der Waals surface area contributed by atoms with E-state index in [1.165, 1.54) is 0 Å². The van der Waals surface area contributed by atoms with Crippen molar-refractivity contribution in [2.45, 2.75) is 6.04 Å². The third-order valence-corrected chi connectivity index (χ3v) is 3.56. The molecule has 3 rings (SSSR count). The number of hydrogen-bond donors (Lipinski definition) is 2. The molecule has 1 saturated heterocycles. The number of morpholine rings is 1. The first-order valence-corrected chi connectivity index (χ1v) is 6.75. The quantitative estimate of drug-likeness (QED) is 0.791. The summed E-state index contributed by atoms with van der Waals surface area (Å²) < 4.78 is 10.6. The largest absolute Gasteiger partial charge is 0.482 e. The van der Waals surface area contributed by atoms with Crippen LogP contribution in [0.1, 0.15) is 10.4 Å². The van der Waals surface area contributed by atoms with Crippen molar-refractivity contribution >= 4 is 17.5 Å². The van der Waals surface area contributed by atoms with E-state index in [0.717, 1.165) is 0 Å². The van der Waals surface area contributed by atoms with E-state index in [1.54, 1.807) is 23.1 Å². The van der Waals surface area contributed by atoms with Gasteiger partial charge in [0.1, 0.15) is 5.75 Å². The average molecular weight is 292 g/mol. The molecule has 0 aliphatic carbocycles. The van der Waals surface area contributed by atoms with Gasteiger partial charge in [0.25, 0.3) is 11.8 Å². The zero-order valence-corrected chi connectivity index (χ0v) is 11.4. The van der Waals surface area contributed by atoms with Crippen LogP contribution in [0.3, 0.4) is 0 Å². The molecule has 2 aliphatic heterocycles. The molecule has 0 radical (unpaired) electrons. The normalized spacial score (nSPS) is 21.3. The molecule has 2 N–H and O–H groups in total. The van der Waals surface area contributed by atoms with E-state index >= 15 is 0 Å². The van der Waals surface area contributed by atoms with Gasteiger partial charge in [-0.15, -0.1) is 0 Å². The van der Waals surface area contributed by atoms with Gasteiger partial charge in [0.2, 0.25) is 0 Å². The smallest absolute Gasteiger partial charge is 0.262 e. The number of rotatable bonds is 2. The van der Waals surface area contributed by atoms with Crippen LogP contribution in [0, 0.1) is 0 Å². The van der Waals surface area contributed by atoms with E-state index in [0.29, 0.717) is 36.8 Å². The molecule has 1 aromatic carbocycles. The van der Waals surface area contributed by atoms with Crippen molar-refractivity contribution in [2.75, 3.05) is 38.3 Å². The van der Waals surface area contributed by atoms with Gasteiger partial charge in [0, 0.05) is 12.1 Å². The molecule has 0 saturated carbocycles. The molecule has 7 nitrogen and oxygen atoms in total. The number of aliphatic hydroxyl groups is 1. The van der Waals surface area contributed by atoms with Crippen molar-refractivity contribution in [1.29, 1.82) is 0 Å². The maximum atomic E-state index is 12.5. The molecule has 1 aromatic rings. The Morgan fingerprint density at radius 1 is 1.48 bits per heavy atom. The Kier molecular flexibility index (Phi) is 3.76. The lowest BCUT2D eigenvalue weighted by atomic mass is 10.1. The molecule has 7 heteroatoms. The van der Waals surface area contributed by atoms with Crippen LogP contribution in [0.25, 0.3) is 0 Å². The van der Waals surface area contributed by atoms with Gasteiger partial charge in [0.05, 0.1) is 31.5 Å². The number of fused-ring (bicyclic) bond motifs is 1. The number of ether oxygens (including phenoxy) is 2. The molecule has 2 aliphatic rings. The minimum atomic E-state index is -0.331. The van der Waals surface area contributed by atoms with Gasteiger partial charge < -0.3 is 24.8 Å². The summed E-state index contributed by atoms with van der Waals surface area (Å²) in [5.41, 5.74) is 1.02. The van der Waals surface area contributed by atoms with E-state index in [2.05, 4.69) is 5.32 Å². The standard InChI is InChI=1S/C14H16N2O5/c17-6-10-7-20-4-3-16(10)14(19)9-1-2-11-12(5-9)21-8-13(18)15-11/h1-2,5,10,17H,3-4,6-8H2,(H,15,18). The summed E-state index contributed by atoms with van der Waals surface area (Å²) in [6.07, 6.45) is 0. The highest BCUT2D eigenvalue weighted by atomic mass is 16.5. The van der Waals surface area contributed by atoms with E-state index in [-0.39, 0.29) is 31.1 Å². The highest BCUT2D eigenvalue weighted by molar-refractivity contribution is 5.99. The Morgan fingerprint density at radius 3 is 3.14 bits per heavy atom. The fraction of sp³-hybridized carbons (Fsp3) is 0.429. The van der Waals surface area contributed by atoms with Crippen molar-refractivity contribution in [2.24, 2.45) is 0 Å². The number of aliphatic hydroxyl groups excluding tert-OH is 1. The second-order valence-corrected chi connectivity index (χ2v) is 4.96. The Balaban J connectivity index is 1.83. The first kappa shape index (κ1) is 13.8. The molecule has 0 bridgehead atoms. The molecule has 0 aromatic heterocycles. The SMILES string of the molecule is O=C1COc2cc(C(=O)N3CCOCC3CO)ccc2N1. The number of hydrogen-bond acceptors (Lipinski definition) is 5. The monoisotopic (exact) mass is 292 g/mol. The third kappa shape index (κ3) is 2.70. The van der Waals surface area contributed by atoms with Crippen LogP contribution in [-0.4, -0.2) is 60.8 Å². The van der Waals surface area contributed by atoms with E-state index < -0.39 is 0 Å². The van der Waals surface area contributed by atoms with Gasteiger partial charge in [-0.1, -0.05) is 0 Å². The van der Waals surface area contributed by atoms with Crippen LogP contribution in [0.15, 0.2) is 18.2 Å². The van der Waals surface area contributed by atoms with Gasteiger partial charge in [-0.3, -0.25) is 9.59 Å². The summed E-state index contributed by atoms with van der Waals surface area (Å²) >= 11 is 0. The summed E-state index contributed by atoms with van der Waals surface area (Å²) in [5, 5.41) is 12.0. The first-order valence-electron chi connectivity index (χ1n) is 6.75. The van der Waals surface area contributed by atoms with Gasteiger partial charge >= 0.3 is 0 Å². The predicted molar refractivity (Wildman–Crippen MR) is 73.3 cm³/mol. The van der Waals surface area contributed by atoms with Gasteiger partial charge in [-0.25, -0.2) is 0 Å². The molecule has 2 heterocycles. The number of carbonyl (C=O) groups excluding carboxylic acids is 2. The topological polar surface area (TPSA) is 88.1 Å². The van der Waals surface area contributed by atoms with Crippen molar-refractivity contribution in [3.8, 4) is 5.75 Å². The van der Waals surface area contributed by atoms with Crippen LogP contribution in [0.2, 0.25) is 0 Å². The molecule has 0 spiro atoms. The molecule has 2 amide bonds. The third-order valence-electron chi connectivity index (χ3n) is 3.56. The van der Waals surface area contributed by atoms with Crippen LogP contribution in [0.4, 0.5) is 5.69 Å². The number of nitrogens with zero attached hydrogens (tertiary/aromatic N) is 1. The maximum absolute atomic E-state index is 12.5. The first-order chi connectivity index (χ1) is 10.2. The molecule has 21 heavy (non-hydrogen) atoms. The zero-order chi connectivity index (χ0) is 14.8. The van der Waals surface area contributed by atoms with E-state index in [9.17, 15) is 14.7 Å². The Labute approximate surface area is 121 Å². The summed E-state index contributed by atoms with van der Waals surface area (Å²) in [4.78, 5) is 25.4. The molecule has 1 atom stereocenters. The van der Waals surface area contributed by atoms with Crippen molar-refractivity contribution in [1.82, 2.24) is 4.90 Å². The highest BCUT2D eigenvalue weighted by Gasteiger charge is 2.28. The fourth-order valence-electron chi connectivity index (χ4n) is 2.45. The number of amides is 2. The van der Waals surface area contributed by atoms with Crippen molar-refractivity contribution in [3.05, 3.63) is 23.8 Å². The zero-order valence-electron chi connectivity index (χ0n) is 11.4. The maximum Gasteiger partial charge on any atom is 0.262 e. The number of anilines is 1. The number of nitrogens with one attached hydrogen (secondary N) is 1. The summed E-state index contributed by atoms with van der Waals surface area (Å²) in [6, 6.07) is 4.57. The number of benzene rings is 1. The Morgan fingerprint density at radius 2 is 2.33 bits per heavy atom. The van der Waals surface area contributed by atoms with Crippen LogP contribution < -0.4 is 10.1 Å². The average Bonchev–Trinajstić information content (AvgIpc) is 2.53. The minimum Gasteiger partial charge on any atom is -0.482 e. The van der Waals surface area contributed by atoms with Crippen LogP contribution in [-0.2, 0) is 9.53 Å². The fourth-order valence-corrected chi connectivity index (χ4v) is 2.45. The molecule has 1 fully saturated rings. The summed E-state index contributed by atoms with van der Waals surface area (Å²) in [6.45, 7) is 1.04. The lowest BCUT2D eigenvalue weighted by molar-refractivity contribution is -0.118. The molecular formula is C14H16N2O5. The molecule has 1 unspecified atom stereocenters. The minimum absolute atomic E-state index is 0.0541. The van der Waals surface area contributed by atoms with Gasteiger partial charge in [0.15, 0.2) is 6.61 Å². The van der Waals surface area contributed by atoms with Gasteiger partial charge in [-0.2, -0.15) is 0 Å². The molecule has 112 valence electrons.